The zero-order chi connectivity index (χ0) is 17.1. The van der Waals surface area contributed by atoms with Gasteiger partial charge in [-0.25, -0.2) is 8.42 Å². The molecule has 9 heteroatoms. The highest BCUT2D eigenvalue weighted by Crippen LogP contribution is 2.28. The van der Waals surface area contributed by atoms with Crippen LogP contribution in [0.3, 0.4) is 0 Å². The molecule has 0 spiro atoms. The molecule has 0 aromatic heterocycles. The van der Waals surface area contributed by atoms with Crippen LogP contribution in [0.15, 0.2) is 0 Å². The first-order valence-corrected chi connectivity index (χ1v) is 10.6. The van der Waals surface area contributed by atoms with E-state index in [0.29, 0.717) is 44.4 Å². The van der Waals surface area contributed by atoms with Gasteiger partial charge < -0.3 is 15.5 Å². The summed E-state index contributed by atoms with van der Waals surface area (Å²) in [4.78, 5) is 15.1. The van der Waals surface area contributed by atoms with E-state index in [1.165, 1.54) is 6.26 Å². The Bertz CT molecular complexity index is 523. The number of hydrogen-bond donors (Lipinski definition) is 2. The first-order chi connectivity index (χ1) is 10.8. The third-order valence-corrected chi connectivity index (χ3v) is 7.38. The number of hydrogen-bond acceptors (Lipinski definition) is 5. The Morgan fingerprint density at radius 3 is 2.40 bits per heavy atom. The molecule has 0 aromatic rings. The van der Waals surface area contributed by atoms with E-state index in [2.05, 4.69) is 29.4 Å². The number of likely N-dealkylation sites (tertiary alicyclic amines) is 1. The van der Waals surface area contributed by atoms with Crippen LogP contribution < -0.4 is 10.6 Å². The maximum atomic E-state index is 12.7. The minimum Gasteiger partial charge on any atom is -0.354 e. The molecular formula is C16H33Cl2N3O3S. The van der Waals surface area contributed by atoms with E-state index in [1.807, 2.05) is 0 Å². The molecule has 2 saturated heterocycles. The summed E-state index contributed by atoms with van der Waals surface area (Å²) in [5.41, 5.74) is 0. The number of rotatable bonds is 5. The Hall–Kier alpha value is -0.0800. The Labute approximate surface area is 164 Å². The zero-order valence-corrected chi connectivity index (χ0v) is 17.9. The Morgan fingerprint density at radius 2 is 1.88 bits per heavy atom. The Morgan fingerprint density at radius 1 is 1.28 bits per heavy atom. The van der Waals surface area contributed by atoms with Crippen molar-refractivity contribution in [3.63, 3.8) is 0 Å². The van der Waals surface area contributed by atoms with E-state index in [-0.39, 0.29) is 30.7 Å². The molecule has 0 saturated carbocycles. The summed E-state index contributed by atoms with van der Waals surface area (Å²) in [6.07, 6.45) is 4.15. The maximum absolute atomic E-state index is 12.7. The Kier molecular flexibility index (Phi) is 10.3. The van der Waals surface area contributed by atoms with Crippen molar-refractivity contribution in [2.45, 2.75) is 50.3 Å². The van der Waals surface area contributed by atoms with Gasteiger partial charge in [0.25, 0.3) is 0 Å². The molecule has 25 heavy (non-hydrogen) atoms. The lowest BCUT2D eigenvalue weighted by Gasteiger charge is -2.37. The molecule has 0 aromatic carbocycles. The number of amides is 1. The second-order valence-electron chi connectivity index (χ2n) is 7.32. The van der Waals surface area contributed by atoms with Crippen molar-refractivity contribution in [2.75, 3.05) is 39.0 Å². The molecule has 6 nitrogen and oxygen atoms in total. The van der Waals surface area contributed by atoms with Crippen LogP contribution in [0.5, 0.6) is 0 Å². The van der Waals surface area contributed by atoms with Crippen molar-refractivity contribution in [3.8, 4) is 0 Å². The van der Waals surface area contributed by atoms with Crippen molar-refractivity contribution in [2.24, 2.45) is 5.92 Å². The largest absolute Gasteiger partial charge is 0.354 e. The monoisotopic (exact) mass is 417 g/mol. The molecule has 0 bridgehead atoms. The molecule has 150 valence electrons. The summed E-state index contributed by atoms with van der Waals surface area (Å²) in [6.45, 7) is 8.19. The van der Waals surface area contributed by atoms with Gasteiger partial charge in [-0.15, -0.1) is 24.8 Å². The normalized spacial score (nSPS) is 24.1. The number of piperidine rings is 2. The summed E-state index contributed by atoms with van der Waals surface area (Å²) in [5.74, 6) is 0.108. The molecule has 2 aliphatic rings. The van der Waals surface area contributed by atoms with Gasteiger partial charge in [0.2, 0.25) is 5.91 Å². The number of carbonyl (C=O) groups excluding carboxylic acids is 1. The summed E-state index contributed by atoms with van der Waals surface area (Å²) in [6, 6.07) is 0.514. The molecule has 2 rings (SSSR count). The van der Waals surface area contributed by atoms with Crippen LogP contribution in [0.4, 0.5) is 0 Å². The van der Waals surface area contributed by atoms with Gasteiger partial charge in [-0.2, -0.15) is 0 Å². The lowest BCUT2D eigenvalue weighted by molar-refractivity contribution is -0.124. The zero-order valence-electron chi connectivity index (χ0n) is 15.4. The average molecular weight is 418 g/mol. The van der Waals surface area contributed by atoms with E-state index in [1.54, 1.807) is 0 Å². The fraction of sp³-hybridized carbons (Fsp3) is 0.938. The smallest absolute Gasteiger partial charge is 0.241 e. The second-order valence-corrected chi connectivity index (χ2v) is 9.65. The predicted molar refractivity (Wildman–Crippen MR) is 107 cm³/mol. The van der Waals surface area contributed by atoms with Crippen LogP contribution in [-0.4, -0.2) is 69.0 Å². The Balaban J connectivity index is 0.00000288. The number of sulfone groups is 1. The van der Waals surface area contributed by atoms with Crippen LogP contribution in [0, 0.1) is 5.92 Å². The maximum Gasteiger partial charge on any atom is 0.241 e. The molecule has 1 amide bonds. The highest BCUT2D eigenvalue weighted by Gasteiger charge is 2.48. The van der Waals surface area contributed by atoms with Gasteiger partial charge in [-0.05, 0) is 65.1 Å². The minimum absolute atomic E-state index is 0. The van der Waals surface area contributed by atoms with Gasteiger partial charge in [0.05, 0.1) is 0 Å². The highest BCUT2D eigenvalue weighted by molar-refractivity contribution is 7.92. The minimum atomic E-state index is -3.43. The summed E-state index contributed by atoms with van der Waals surface area (Å²) >= 11 is 0. The van der Waals surface area contributed by atoms with E-state index in [9.17, 15) is 13.2 Å². The molecule has 2 heterocycles. The third-order valence-electron chi connectivity index (χ3n) is 5.37. The number of nitrogens with one attached hydrogen (secondary N) is 2. The number of halogens is 2. The van der Waals surface area contributed by atoms with Gasteiger partial charge in [0.1, 0.15) is 0 Å². The molecular weight excluding hydrogens is 385 g/mol. The fourth-order valence-corrected chi connectivity index (χ4v) is 5.08. The molecule has 0 aliphatic carbocycles. The van der Waals surface area contributed by atoms with Crippen molar-refractivity contribution in [1.82, 2.24) is 15.5 Å². The number of carbonyl (C=O) groups is 1. The molecule has 2 fully saturated rings. The van der Waals surface area contributed by atoms with Gasteiger partial charge >= 0.3 is 0 Å². The van der Waals surface area contributed by atoms with Crippen molar-refractivity contribution in [1.29, 1.82) is 0 Å². The number of nitrogens with zero attached hydrogens (tertiary/aromatic N) is 1. The summed E-state index contributed by atoms with van der Waals surface area (Å²) in [5, 5.41) is 6.10. The highest BCUT2D eigenvalue weighted by atomic mass is 35.5. The summed E-state index contributed by atoms with van der Waals surface area (Å²) in [7, 11) is -3.43. The fourth-order valence-electron chi connectivity index (χ4n) is 3.73. The lowest BCUT2D eigenvalue weighted by atomic mass is 9.94. The SMILES string of the molecule is CC(C)N1CCCC(CNC(=O)C2(S(C)(=O)=O)CCNCC2)C1.Cl.Cl. The van der Waals surface area contributed by atoms with Crippen LogP contribution in [0.1, 0.15) is 39.5 Å². The molecule has 2 aliphatic heterocycles. The molecule has 1 unspecified atom stereocenters. The van der Waals surface area contributed by atoms with Gasteiger partial charge in [0, 0.05) is 25.4 Å². The first kappa shape index (κ1) is 24.9. The summed E-state index contributed by atoms with van der Waals surface area (Å²) < 4.78 is 23.2. The van der Waals surface area contributed by atoms with E-state index in [0.717, 1.165) is 25.9 Å². The van der Waals surface area contributed by atoms with Crippen LogP contribution in [0.2, 0.25) is 0 Å². The second kappa shape index (κ2) is 10.3. The van der Waals surface area contributed by atoms with Gasteiger partial charge in [-0.1, -0.05) is 0 Å². The molecule has 0 radical (unpaired) electrons. The quantitative estimate of drug-likeness (QED) is 0.702. The standard InChI is InChI=1S/C16H31N3O3S.2ClH/c1-13(2)19-10-4-5-14(12-19)11-18-15(20)16(23(3,21)22)6-8-17-9-7-16;;/h13-14,17H,4-12H2,1-3H3,(H,18,20);2*1H. The van der Waals surface area contributed by atoms with Crippen molar-refractivity contribution >= 4 is 40.6 Å². The van der Waals surface area contributed by atoms with E-state index >= 15 is 0 Å². The van der Waals surface area contributed by atoms with Crippen LogP contribution in [0.25, 0.3) is 0 Å². The molecule has 2 N–H and O–H groups in total. The topological polar surface area (TPSA) is 78.5 Å². The predicted octanol–water partition coefficient (Wildman–Crippen LogP) is 1.23. The van der Waals surface area contributed by atoms with Gasteiger partial charge in [0.15, 0.2) is 14.6 Å². The molecule has 1 atom stereocenters. The van der Waals surface area contributed by atoms with Crippen LogP contribution in [-0.2, 0) is 14.6 Å². The average Bonchev–Trinajstić information content (AvgIpc) is 2.52. The van der Waals surface area contributed by atoms with Crippen molar-refractivity contribution in [3.05, 3.63) is 0 Å². The lowest BCUT2D eigenvalue weighted by Crippen LogP contribution is -2.58. The van der Waals surface area contributed by atoms with Gasteiger partial charge in [-0.3, -0.25) is 4.79 Å². The van der Waals surface area contributed by atoms with Crippen LogP contribution >= 0.6 is 24.8 Å². The third kappa shape index (κ3) is 5.96. The van der Waals surface area contributed by atoms with Crippen molar-refractivity contribution < 1.29 is 13.2 Å². The first-order valence-electron chi connectivity index (χ1n) is 8.69. The van der Waals surface area contributed by atoms with E-state index < -0.39 is 14.6 Å². The van der Waals surface area contributed by atoms with E-state index in [4.69, 9.17) is 0 Å².